The summed E-state index contributed by atoms with van der Waals surface area (Å²) in [6, 6.07) is 19.0. The van der Waals surface area contributed by atoms with E-state index in [2.05, 4.69) is 59.2 Å². The summed E-state index contributed by atoms with van der Waals surface area (Å²) < 4.78 is 6.22. The van der Waals surface area contributed by atoms with Gasteiger partial charge in [0.25, 0.3) is 0 Å². The highest BCUT2D eigenvalue weighted by atomic mass is 35.5. The molecule has 1 fully saturated rings. The van der Waals surface area contributed by atoms with Crippen LogP contribution in [0.25, 0.3) is 21.6 Å². The predicted molar refractivity (Wildman–Crippen MR) is 140 cm³/mol. The van der Waals surface area contributed by atoms with Crippen molar-refractivity contribution in [2.45, 2.75) is 38.7 Å². The third-order valence-electron chi connectivity index (χ3n) is 6.00. The summed E-state index contributed by atoms with van der Waals surface area (Å²) in [7, 11) is 0. The Morgan fingerprint density at radius 2 is 1.67 bits per heavy atom. The second kappa shape index (κ2) is 9.34. The number of halogens is 1. The third kappa shape index (κ3) is 5.01. The van der Waals surface area contributed by atoms with Gasteiger partial charge in [0.2, 0.25) is 0 Å². The Morgan fingerprint density at radius 1 is 1.03 bits per heavy atom. The normalized spacial score (nSPS) is 14.2. The largest absolute Gasteiger partial charge is 0.441 e. The number of amides is 1. The van der Waals surface area contributed by atoms with Crippen molar-refractivity contribution in [1.29, 1.82) is 0 Å². The van der Waals surface area contributed by atoms with Gasteiger partial charge in [-0.3, -0.25) is 5.32 Å². The fourth-order valence-corrected chi connectivity index (χ4v) is 6.12. The minimum absolute atomic E-state index is 0.320. The zero-order valence-electron chi connectivity index (χ0n) is 18.4. The fraction of sp³-hybridized carbons (Fsp3) is 0.222. The molecule has 0 bridgehead atoms. The molecule has 168 valence electrons. The van der Waals surface area contributed by atoms with Crippen LogP contribution < -0.4 is 5.32 Å². The number of anilines is 1. The van der Waals surface area contributed by atoms with E-state index in [-0.39, 0.29) is 6.10 Å². The van der Waals surface area contributed by atoms with Crippen molar-refractivity contribution in [3.8, 4) is 21.6 Å². The van der Waals surface area contributed by atoms with Crippen molar-refractivity contribution >= 4 is 46.1 Å². The van der Waals surface area contributed by atoms with Crippen LogP contribution in [0.2, 0.25) is 4.34 Å². The van der Waals surface area contributed by atoms with Crippen LogP contribution in [0.4, 0.5) is 10.5 Å². The second-order valence-corrected chi connectivity index (χ2v) is 10.9. The molecule has 4 aromatic rings. The van der Waals surface area contributed by atoms with Crippen LogP contribution in [0, 0.1) is 6.92 Å². The van der Waals surface area contributed by atoms with Crippen molar-refractivity contribution in [2.24, 2.45) is 0 Å². The van der Waals surface area contributed by atoms with Gasteiger partial charge in [-0.2, -0.15) is 11.3 Å². The molecule has 0 unspecified atom stereocenters. The molecule has 2 heterocycles. The SMILES string of the molecule is Cc1cscc1[C@@H](C)OC(=O)Nc1cc(Cl)sc1-c1ccc(-c2ccc(C3CC3)cc2)cc1. The van der Waals surface area contributed by atoms with Gasteiger partial charge in [-0.05, 0) is 77.3 Å². The van der Waals surface area contributed by atoms with Crippen molar-refractivity contribution in [3.05, 3.63) is 86.4 Å². The van der Waals surface area contributed by atoms with E-state index < -0.39 is 6.09 Å². The van der Waals surface area contributed by atoms with Crippen molar-refractivity contribution < 1.29 is 9.53 Å². The summed E-state index contributed by atoms with van der Waals surface area (Å²) in [5, 5.41) is 6.95. The maximum Gasteiger partial charge on any atom is 0.412 e. The van der Waals surface area contributed by atoms with E-state index in [4.69, 9.17) is 16.3 Å². The topological polar surface area (TPSA) is 38.3 Å². The van der Waals surface area contributed by atoms with Crippen LogP contribution in [-0.4, -0.2) is 6.09 Å². The first-order valence-corrected chi connectivity index (χ1v) is 13.1. The Kier molecular flexibility index (Phi) is 6.28. The first-order valence-electron chi connectivity index (χ1n) is 11.0. The lowest BCUT2D eigenvalue weighted by molar-refractivity contribution is 0.121. The molecule has 1 amide bonds. The Morgan fingerprint density at radius 3 is 2.27 bits per heavy atom. The molecule has 2 aromatic heterocycles. The minimum atomic E-state index is -0.490. The molecule has 1 aliphatic rings. The first kappa shape index (κ1) is 22.2. The molecule has 0 spiro atoms. The quantitative estimate of drug-likeness (QED) is 0.290. The van der Waals surface area contributed by atoms with Gasteiger partial charge in [0.1, 0.15) is 6.10 Å². The number of hydrogen-bond donors (Lipinski definition) is 1. The van der Waals surface area contributed by atoms with Crippen LogP contribution in [-0.2, 0) is 4.74 Å². The standard InChI is InChI=1S/C27H24ClNO2S2/c1-16-14-32-15-23(16)17(2)31-27(30)29-24-13-25(28)33-26(24)22-11-9-21(10-12-22)20-7-5-19(6-8-20)18-3-4-18/h5-15,17-18H,3-4H2,1-2H3,(H,29,30)/t17-/m1/s1. The summed E-state index contributed by atoms with van der Waals surface area (Å²) >= 11 is 9.35. The van der Waals surface area contributed by atoms with Gasteiger partial charge >= 0.3 is 6.09 Å². The van der Waals surface area contributed by atoms with E-state index in [9.17, 15) is 4.79 Å². The molecule has 0 radical (unpaired) electrons. The summed E-state index contributed by atoms with van der Waals surface area (Å²) in [6.07, 6.45) is 1.82. The highest BCUT2D eigenvalue weighted by molar-refractivity contribution is 7.20. The zero-order chi connectivity index (χ0) is 22.9. The van der Waals surface area contributed by atoms with E-state index in [1.807, 2.05) is 19.2 Å². The van der Waals surface area contributed by atoms with E-state index in [0.29, 0.717) is 10.0 Å². The molecule has 3 nitrogen and oxygen atoms in total. The number of aryl methyl sites for hydroxylation is 1. The van der Waals surface area contributed by atoms with E-state index in [1.54, 1.807) is 17.4 Å². The minimum Gasteiger partial charge on any atom is -0.441 e. The Hall–Kier alpha value is -2.60. The van der Waals surface area contributed by atoms with Gasteiger partial charge in [0, 0.05) is 5.56 Å². The highest BCUT2D eigenvalue weighted by Gasteiger charge is 2.23. The molecular weight excluding hydrogens is 470 g/mol. The number of nitrogens with one attached hydrogen (secondary N) is 1. The van der Waals surface area contributed by atoms with Gasteiger partial charge in [0.15, 0.2) is 0 Å². The fourth-order valence-electron chi connectivity index (χ4n) is 4.00. The van der Waals surface area contributed by atoms with Crippen LogP contribution in [0.1, 0.15) is 48.5 Å². The van der Waals surface area contributed by atoms with Crippen molar-refractivity contribution in [2.75, 3.05) is 5.32 Å². The number of benzene rings is 2. The number of rotatable bonds is 6. The molecule has 6 heteroatoms. The molecule has 1 N–H and O–H groups in total. The maximum atomic E-state index is 12.6. The number of ether oxygens (including phenoxy) is 1. The molecule has 0 saturated heterocycles. The molecule has 1 aliphatic carbocycles. The lowest BCUT2D eigenvalue weighted by atomic mass is 10.0. The number of carbonyl (C=O) groups excluding carboxylic acids is 1. The first-order chi connectivity index (χ1) is 16.0. The van der Waals surface area contributed by atoms with Gasteiger partial charge in [0.05, 0.1) is 14.9 Å². The van der Waals surface area contributed by atoms with E-state index >= 15 is 0 Å². The summed E-state index contributed by atoms with van der Waals surface area (Å²) in [6.45, 7) is 3.90. The monoisotopic (exact) mass is 493 g/mol. The average Bonchev–Trinajstić information content (AvgIpc) is 3.47. The average molecular weight is 494 g/mol. The lowest BCUT2D eigenvalue weighted by Crippen LogP contribution is -2.16. The van der Waals surface area contributed by atoms with Gasteiger partial charge in [-0.15, -0.1) is 11.3 Å². The van der Waals surface area contributed by atoms with Gasteiger partial charge in [-0.1, -0.05) is 60.1 Å². The predicted octanol–water partition coefficient (Wildman–Crippen LogP) is 9.29. The van der Waals surface area contributed by atoms with Crippen LogP contribution >= 0.6 is 34.3 Å². The van der Waals surface area contributed by atoms with Gasteiger partial charge in [-0.25, -0.2) is 4.79 Å². The molecule has 1 saturated carbocycles. The van der Waals surface area contributed by atoms with Crippen molar-refractivity contribution in [1.82, 2.24) is 0 Å². The maximum absolute atomic E-state index is 12.6. The molecule has 5 rings (SSSR count). The van der Waals surface area contributed by atoms with E-state index in [0.717, 1.165) is 33.0 Å². The molecule has 33 heavy (non-hydrogen) atoms. The third-order valence-corrected chi connectivity index (χ3v) is 8.19. The second-order valence-electron chi connectivity index (χ2n) is 8.45. The molecule has 1 atom stereocenters. The summed E-state index contributed by atoms with van der Waals surface area (Å²) in [5.74, 6) is 0.764. The molecule has 2 aromatic carbocycles. The summed E-state index contributed by atoms with van der Waals surface area (Å²) in [5.41, 5.74) is 7.62. The number of carbonyl (C=O) groups is 1. The highest BCUT2D eigenvalue weighted by Crippen LogP contribution is 2.42. The zero-order valence-corrected chi connectivity index (χ0v) is 20.8. The van der Waals surface area contributed by atoms with Crippen molar-refractivity contribution in [3.63, 3.8) is 0 Å². The summed E-state index contributed by atoms with van der Waals surface area (Å²) in [4.78, 5) is 13.5. The Balaban J connectivity index is 1.30. The van der Waals surface area contributed by atoms with Crippen LogP contribution in [0.15, 0.2) is 65.4 Å². The van der Waals surface area contributed by atoms with Gasteiger partial charge < -0.3 is 4.74 Å². The molecule has 0 aliphatic heterocycles. The molecular formula is C27H24ClNO2S2. The smallest absolute Gasteiger partial charge is 0.412 e. The number of thiophene rings is 2. The Labute approximate surface area is 207 Å². The lowest BCUT2D eigenvalue weighted by Gasteiger charge is -2.14. The van der Waals surface area contributed by atoms with Crippen LogP contribution in [0.3, 0.4) is 0 Å². The number of hydrogen-bond acceptors (Lipinski definition) is 4. The van der Waals surface area contributed by atoms with E-state index in [1.165, 1.54) is 35.3 Å². The van der Waals surface area contributed by atoms with Crippen LogP contribution in [0.5, 0.6) is 0 Å². The Bertz CT molecular complexity index is 1270.